The average molecular weight is 611 g/mol. The van der Waals surface area contributed by atoms with Crippen molar-refractivity contribution >= 4 is 32.6 Å². The first kappa shape index (κ1) is 26.9. The molecule has 0 saturated heterocycles. The molecule has 0 amide bonds. The van der Waals surface area contributed by atoms with Crippen LogP contribution in [0.1, 0.15) is 109 Å². The topological polar surface area (TPSA) is 95.4 Å². The maximum absolute atomic E-state index is 6.61. The van der Waals surface area contributed by atoms with Crippen LogP contribution in [0.2, 0.25) is 0 Å². The average Bonchev–Trinajstić information content (AvgIpc) is 3.83. The van der Waals surface area contributed by atoms with Crippen LogP contribution in [0.4, 0.5) is 0 Å². The highest BCUT2D eigenvalue weighted by molar-refractivity contribution is 7.17. The van der Waals surface area contributed by atoms with Crippen molar-refractivity contribution in [2.24, 2.45) is 0 Å². The molecule has 2 aromatic carbocycles. The number of nitrogens with zero attached hydrogens (tertiary/aromatic N) is 8. The van der Waals surface area contributed by atoms with Crippen LogP contribution in [0.5, 0.6) is 11.5 Å². The van der Waals surface area contributed by atoms with Gasteiger partial charge in [-0.1, -0.05) is 97.6 Å². The van der Waals surface area contributed by atoms with Crippen LogP contribution < -0.4 is 4.74 Å². The minimum Gasteiger partial charge on any atom is -0.457 e. The Morgan fingerprint density at radius 2 is 1.02 bits per heavy atom. The summed E-state index contributed by atoms with van der Waals surface area (Å²) in [5.41, 5.74) is 2.08. The number of fused-ring (bicyclic) bond motifs is 2. The van der Waals surface area contributed by atoms with E-state index in [1.165, 1.54) is 74.2 Å². The molecule has 8 rings (SSSR count). The van der Waals surface area contributed by atoms with Crippen molar-refractivity contribution in [2.45, 2.75) is 88.9 Å². The molecular formula is C32H34N8OS2. The van der Waals surface area contributed by atoms with Gasteiger partial charge < -0.3 is 4.74 Å². The minimum absolute atomic E-state index is 0.551. The van der Waals surface area contributed by atoms with Gasteiger partial charge in [0.15, 0.2) is 11.6 Å². The molecule has 0 bridgehead atoms. The Kier molecular flexibility index (Phi) is 7.36. The Morgan fingerprint density at radius 1 is 0.581 bits per heavy atom. The summed E-state index contributed by atoms with van der Waals surface area (Å²) in [5.74, 6) is 4.37. The maximum Gasteiger partial charge on any atom is 0.234 e. The lowest BCUT2D eigenvalue weighted by Gasteiger charge is -2.18. The monoisotopic (exact) mass is 610 g/mol. The predicted molar refractivity (Wildman–Crippen MR) is 168 cm³/mol. The first-order chi connectivity index (χ1) is 21.3. The van der Waals surface area contributed by atoms with Crippen molar-refractivity contribution < 1.29 is 4.74 Å². The predicted octanol–water partition coefficient (Wildman–Crippen LogP) is 7.75. The second-order valence-electron chi connectivity index (χ2n) is 11.8. The standard InChI is InChI=1S/C32H34N8OS2/c1-3-11-21(12-4-1)29-37-39-27(33-35-31(39)42-29)19-23-15-7-9-17-25(23)41-26-18-10-8-16-24(26)20-28-34-36-32-40(28)38-30(43-32)22-13-5-2-6-14-22/h7-10,15-18,21-22H,1-6,11-14,19-20H2. The lowest BCUT2D eigenvalue weighted by molar-refractivity contribution is 0.439. The highest BCUT2D eigenvalue weighted by Gasteiger charge is 2.24. The van der Waals surface area contributed by atoms with Gasteiger partial charge in [0.25, 0.3) is 0 Å². The van der Waals surface area contributed by atoms with Gasteiger partial charge in [-0.05, 0) is 37.8 Å². The van der Waals surface area contributed by atoms with Gasteiger partial charge in [-0.25, -0.2) is 0 Å². The number of para-hydroxylation sites is 2. The van der Waals surface area contributed by atoms with Crippen molar-refractivity contribution in [1.29, 1.82) is 0 Å². The van der Waals surface area contributed by atoms with Crippen molar-refractivity contribution in [3.8, 4) is 11.5 Å². The number of ether oxygens (including phenoxy) is 1. The Morgan fingerprint density at radius 3 is 1.49 bits per heavy atom. The first-order valence-corrected chi connectivity index (χ1v) is 17.2. The summed E-state index contributed by atoms with van der Waals surface area (Å²) in [4.78, 5) is 1.74. The van der Waals surface area contributed by atoms with Crippen molar-refractivity contribution in [2.75, 3.05) is 0 Å². The molecule has 0 unspecified atom stereocenters. The molecule has 9 nitrogen and oxygen atoms in total. The molecule has 0 radical (unpaired) electrons. The van der Waals surface area contributed by atoms with E-state index in [9.17, 15) is 0 Å². The molecule has 2 saturated carbocycles. The minimum atomic E-state index is 0.551. The number of rotatable bonds is 8. The second kappa shape index (κ2) is 11.8. The molecular weight excluding hydrogens is 577 g/mol. The first-order valence-electron chi connectivity index (χ1n) is 15.5. The SMILES string of the molecule is c1ccc(Oc2ccccc2Cc2nnc3sc(C4CCCCC4)nn23)c(Cc2nnc3sc(C4CCCCC4)nn23)c1. The van der Waals surface area contributed by atoms with E-state index in [2.05, 4.69) is 32.5 Å². The summed E-state index contributed by atoms with van der Waals surface area (Å²) in [6, 6.07) is 16.3. The molecule has 0 atom stereocenters. The van der Waals surface area contributed by atoms with E-state index in [0.717, 1.165) is 44.2 Å². The maximum atomic E-state index is 6.61. The lowest BCUT2D eigenvalue weighted by atomic mass is 9.90. The third kappa shape index (κ3) is 5.44. The van der Waals surface area contributed by atoms with Crippen LogP contribution in [0.3, 0.4) is 0 Å². The van der Waals surface area contributed by atoms with Crippen LogP contribution in [-0.4, -0.2) is 39.6 Å². The summed E-state index contributed by atoms with van der Waals surface area (Å²) in [5, 5.41) is 30.2. The van der Waals surface area contributed by atoms with Gasteiger partial charge >= 0.3 is 0 Å². The van der Waals surface area contributed by atoms with E-state index in [0.29, 0.717) is 24.7 Å². The number of aromatic nitrogens is 8. The van der Waals surface area contributed by atoms with Crippen LogP contribution in [0.25, 0.3) is 9.92 Å². The fourth-order valence-electron chi connectivity index (χ4n) is 6.55. The smallest absolute Gasteiger partial charge is 0.234 e. The fraction of sp³-hybridized carbons (Fsp3) is 0.438. The van der Waals surface area contributed by atoms with Gasteiger partial charge in [0.05, 0.1) is 0 Å². The normalized spacial score (nSPS) is 16.8. The third-order valence-electron chi connectivity index (χ3n) is 8.91. The molecule has 43 heavy (non-hydrogen) atoms. The Hall–Kier alpha value is -3.70. The summed E-state index contributed by atoms with van der Waals surface area (Å²) < 4.78 is 10.5. The second-order valence-corrected chi connectivity index (χ2v) is 13.8. The van der Waals surface area contributed by atoms with Crippen molar-refractivity contribution in [3.05, 3.63) is 81.3 Å². The summed E-state index contributed by atoms with van der Waals surface area (Å²) >= 11 is 3.37. The van der Waals surface area contributed by atoms with E-state index < -0.39 is 0 Å². The van der Waals surface area contributed by atoms with E-state index >= 15 is 0 Å². The Balaban J connectivity index is 1.03. The summed E-state index contributed by atoms with van der Waals surface area (Å²) in [6.07, 6.45) is 13.9. The zero-order valence-corrected chi connectivity index (χ0v) is 25.7. The van der Waals surface area contributed by atoms with E-state index in [-0.39, 0.29) is 0 Å². The zero-order chi connectivity index (χ0) is 28.6. The van der Waals surface area contributed by atoms with Crippen LogP contribution in [-0.2, 0) is 12.8 Å². The summed E-state index contributed by atoms with van der Waals surface area (Å²) in [6.45, 7) is 0. The fourth-order valence-corrected chi connectivity index (χ4v) is 8.60. The van der Waals surface area contributed by atoms with Crippen LogP contribution >= 0.6 is 22.7 Å². The lowest BCUT2D eigenvalue weighted by Crippen LogP contribution is -2.06. The summed E-state index contributed by atoms with van der Waals surface area (Å²) in [7, 11) is 0. The van der Waals surface area contributed by atoms with E-state index in [1.807, 2.05) is 45.4 Å². The molecule has 6 aromatic rings. The van der Waals surface area contributed by atoms with Gasteiger partial charge in [0.2, 0.25) is 9.92 Å². The quantitative estimate of drug-likeness (QED) is 0.174. The van der Waals surface area contributed by atoms with Gasteiger partial charge in [0, 0.05) is 35.8 Å². The van der Waals surface area contributed by atoms with Gasteiger partial charge in [-0.15, -0.1) is 20.4 Å². The molecule has 0 aliphatic heterocycles. The molecule has 2 fully saturated rings. The van der Waals surface area contributed by atoms with Gasteiger partial charge in [-0.3, -0.25) is 0 Å². The van der Waals surface area contributed by atoms with E-state index in [4.69, 9.17) is 14.9 Å². The van der Waals surface area contributed by atoms with Crippen molar-refractivity contribution in [3.63, 3.8) is 0 Å². The third-order valence-corrected chi connectivity index (χ3v) is 11.0. The van der Waals surface area contributed by atoms with E-state index in [1.54, 1.807) is 22.7 Å². The Labute approximate surface area is 258 Å². The molecule has 2 aliphatic rings. The number of hydrogen-bond donors (Lipinski definition) is 0. The van der Waals surface area contributed by atoms with Gasteiger partial charge in [0.1, 0.15) is 21.5 Å². The van der Waals surface area contributed by atoms with Crippen molar-refractivity contribution in [1.82, 2.24) is 39.6 Å². The highest BCUT2D eigenvalue weighted by Crippen LogP contribution is 2.37. The van der Waals surface area contributed by atoms with Gasteiger partial charge in [-0.2, -0.15) is 19.2 Å². The van der Waals surface area contributed by atoms with Crippen LogP contribution in [0.15, 0.2) is 48.5 Å². The molecule has 0 N–H and O–H groups in total. The molecule has 4 heterocycles. The molecule has 4 aromatic heterocycles. The zero-order valence-electron chi connectivity index (χ0n) is 24.1. The van der Waals surface area contributed by atoms with Crippen LogP contribution in [0, 0.1) is 0 Å². The molecule has 2 aliphatic carbocycles. The largest absolute Gasteiger partial charge is 0.457 e. The number of hydrogen-bond acceptors (Lipinski definition) is 9. The number of benzene rings is 2. The molecule has 0 spiro atoms. The molecule has 11 heteroatoms. The highest BCUT2D eigenvalue weighted by atomic mass is 32.1. The Bertz CT molecular complexity index is 1720. The molecule has 220 valence electrons.